The van der Waals surface area contributed by atoms with E-state index < -0.39 is 29.6 Å². The molecule has 2 aromatic carbocycles. The Hall–Kier alpha value is -5.15. The van der Waals surface area contributed by atoms with Crippen LogP contribution in [-0.2, 0) is 9.59 Å². The molecule has 1 unspecified atom stereocenters. The van der Waals surface area contributed by atoms with Crippen molar-refractivity contribution in [2.24, 2.45) is 11.8 Å². The third-order valence-corrected chi connectivity index (χ3v) is 11.7. The molecule has 3 aromatic rings. The van der Waals surface area contributed by atoms with Crippen LogP contribution in [0.5, 0.6) is 0 Å². The normalized spacial score (nSPS) is 21.9. The van der Waals surface area contributed by atoms with Crippen molar-refractivity contribution in [1.82, 2.24) is 25.1 Å². The van der Waals surface area contributed by atoms with Gasteiger partial charge in [0, 0.05) is 89.0 Å². The number of aliphatic hydroxyl groups excluding tert-OH is 1. The summed E-state index contributed by atoms with van der Waals surface area (Å²) in [6, 6.07) is 12.6. The molecule has 5 aliphatic heterocycles. The van der Waals surface area contributed by atoms with E-state index in [4.69, 9.17) is 0 Å². The number of nitrogens with zero attached hydrogens (tertiary/aromatic N) is 7. The van der Waals surface area contributed by atoms with Crippen molar-refractivity contribution in [2.75, 3.05) is 85.5 Å². The molecule has 284 valence electrons. The van der Waals surface area contributed by atoms with E-state index in [2.05, 4.69) is 47.4 Å². The average molecular weight is 740 g/mol. The van der Waals surface area contributed by atoms with Gasteiger partial charge in [-0.1, -0.05) is 0 Å². The number of piperidine rings is 3. The highest BCUT2D eigenvalue weighted by molar-refractivity contribution is 6.23. The maximum absolute atomic E-state index is 14.6. The highest BCUT2D eigenvalue weighted by atomic mass is 19.1. The number of carbonyl (C=O) groups excluding carboxylic acids is 4. The van der Waals surface area contributed by atoms with Gasteiger partial charge in [0.2, 0.25) is 17.8 Å². The van der Waals surface area contributed by atoms with Gasteiger partial charge >= 0.3 is 0 Å². The fraction of sp³-hybridized carbons (Fsp3) is 0.487. The van der Waals surface area contributed by atoms with Crippen molar-refractivity contribution in [3.63, 3.8) is 0 Å². The monoisotopic (exact) mass is 739 g/mol. The molecule has 8 rings (SSSR count). The van der Waals surface area contributed by atoms with Gasteiger partial charge in [0.1, 0.15) is 6.04 Å². The summed E-state index contributed by atoms with van der Waals surface area (Å²) in [7, 11) is 0. The Morgan fingerprint density at radius 1 is 0.759 bits per heavy atom. The van der Waals surface area contributed by atoms with Crippen LogP contribution >= 0.6 is 0 Å². The molecule has 0 aliphatic carbocycles. The minimum Gasteiger partial charge on any atom is -0.396 e. The number of hydrogen-bond acceptors (Lipinski definition) is 12. The molecule has 0 bridgehead atoms. The lowest BCUT2D eigenvalue weighted by Gasteiger charge is -2.40. The number of benzene rings is 2. The Bertz CT molecular complexity index is 1900. The van der Waals surface area contributed by atoms with Crippen LogP contribution in [0.15, 0.2) is 48.7 Å². The van der Waals surface area contributed by atoms with E-state index in [1.807, 2.05) is 23.1 Å². The molecular formula is C39H46FN9O5. The van der Waals surface area contributed by atoms with Crippen molar-refractivity contribution in [1.29, 1.82) is 0 Å². The van der Waals surface area contributed by atoms with Gasteiger partial charge in [0.05, 0.1) is 17.3 Å². The first-order chi connectivity index (χ1) is 26.2. The molecule has 0 saturated carbocycles. The van der Waals surface area contributed by atoms with Gasteiger partial charge in [0.15, 0.2) is 11.6 Å². The predicted molar refractivity (Wildman–Crippen MR) is 200 cm³/mol. The molecule has 4 amide bonds. The van der Waals surface area contributed by atoms with E-state index >= 15 is 0 Å². The first-order valence-electron chi connectivity index (χ1n) is 19.1. The maximum atomic E-state index is 14.6. The third kappa shape index (κ3) is 7.34. The molecule has 0 radical (unpaired) electrons. The van der Waals surface area contributed by atoms with E-state index in [0.717, 1.165) is 93.5 Å². The molecule has 4 saturated heterocycles. The Balaban J connectivity index is 0.794. The van der Waals surface area contributed by atoms with Gasteiger partial charge in [-0.25, -0.2) is 9.37 Å². The van der Waals surface area contributed by atoms with Gasteiger partial charge in [0.25, 0.3) is 11.8 Å². The zero-order chi connectivity index (χ0) is 37.3. The second-order valence-corrected chi connectivity index (χ2v) is 15.0. The van der Waals surface area contributed by atoms with Crippen molar-refractivity contribution in [3.8, 4) is 0 Å². The summed E-state index contributed by atoms with van der Waals surface area (Å²) in [5, 5.41) is 14.9. The highest BCUT2D eigenvalue weighted by Crippen LogP contribution is 2.33. The number of amides is 4. The van der Waals surface area contributed by atoms with Crippen LogP contribution in [0.2, 0.25) is 0 Å². The van der Waals surface area contributed by atoms with Crippen LogP contribution in [0.4, 0.5) is 33.2 Å². The summed E-state index contributed by atoms with van der Waals surface area (Å²) >= 11 is 0. The highest BCUT2D eigenvalue weighted by Gasteiger charge is 2.45. The van der Waals surface area contributed by atoms with Crippen LogP contribution in [0.25, 0.3) is 0 Å². The summed E-state index contributed by atoms with van der Waals surface area (Å²) in [5.74, 6) is -0.933. The first-order valence-corrected chi connectivity index (χ1v) is 19.1. The van der Waals surface area contributed by atoms with Gasteiger partial charge in [-0.2, -0.15) is 4.98 Å². The second kappa shape index (κ2) is 15.3. The summed E-state index contributed by atoms with van der Waals surface area (Å²) in [4.78, 5) is 69.2. The lowest BCUT2D eigenvalue weighted by molar-refractivity contribution is -0.136. The summed E-state index contributed by atoms with van der Waals surface area (Å²) < 4.78 is 14.6. The largest absolute Gasteiger partial charge is 0.396 e. The summed E-state index contributed by atoms with van der Waals surface area (Å²) in [6.07, 6.45) is 5.12. The molecule has 1 aromatic heterocycles. The molecule has 15 heteroatoms. The number of imide groups is 2. The topological polar surface area (TPSA) is 155 Å². The molecule has 5 aliphatic rings. The number of aliphatic hydroxyl groups is 1. The number of piperazine rings is 1. The molecule has 6 heterocycles. The van der Waals surface area contributed by atoms with Crippen molar-refractivity contribution < 1.29 is 28.7 Å². The number of aromatic nitrogens is 2. The zero-order valence-electron chi connectivity index (χ0n) is 30.3. The van der Waals surface area contributed by atoms with E-state index in [1.165, 1.54) is 6.20 Å². The standard InChI is InChI=1S/C39H46FN9O5/c40-32-22-41-39(44-35(32)48-15-11-26(24-50)12-16-48)42-27-1-3-28(4-2-27)47-19-17-45(18-20-47)23-25-9-13-46(14-10-25)29-5-6-30-31(21-29)38(54)49(37(30)53)33-7-8-34(51)43-36(33)52/h1-6,21-22,25-26,33,50H,7-20,23-24H2,(H,41,42,44)(H,43,51,52). The number of nitrogens with one attached hydrogen (secondary N) is 2. The van der Waals surface area contributed by atoms with Crippen molar-refractivity contribution in [2.45, 2.75) is 44.6 Å². The Labute approximate surface area is 313 Å². The van der Waals surface area contributed by atoms with Crippen LogP contribution in [0.1, 0.15) is 59.2 Å². The van der Waals surface area contributed by atoms with Crippen molar-refractivity contribution in [3.05, 3.63) is 65.6 Å². The fourth-order valence-electron chi connectivity index (χ4n) is 8.44. The quantitative estimate of drug-likeness (QED) is 0.277. The van der Waals surface area contributed by atoms with Crippen LogP contribution < -0.4 is 25.3 Å². The predicted octanol–water partition coefficient (Wildman–Crippen LogP) is 3.01. The molecule has 54 heavy (non-hydrogen) atoms. The van der Waals surface area contributed by atoms with Gasteiger partial charge in [-0.3, -0.25) is 34.3 Å². The van der Waals surface area contributed by atoms with Crippen LogP contribution in [0, 0.1) is 17.7 Å². The molecular weight excluding hydrogens is 693 g/mol. The number of halogens is 1. The van der Waals surface area contributed by atoms with E-state index in [1.54, 1.807) is 12.1 Å². The minimum atomic E-state index is -0.967. The molecule has 4 fully saturated rings. The van der Waals surface area contributed by atoms with E-state index in [0.29, 0.717) is 41.9 Å². The molecule has 14 nitrogen and oxygen atoms in total. The van der Waals surface area contributed by atoms with Gasteiger partial charge in [-0.05, 0) is 86.4 Å². The Kier molecular flexibility index (Phi) is 10.2. The summed E-state index contributed by atoms with van der Waals surface area (Å²) in [6.45, 7) is 8.05. The first kappa shape index (κ1) is 35.9. The SMILES string of the molecule is O=C1CCC(N2C(=O)c3ccc(N4CCC(CN5CCN(c6ccc(Nc7ncc(F)c(N8CCC(CO)CC8)n7)cc6)CC5)CC4)cc3C2=O)C(=O)N1. The maximum Gasteiger partial charge on any atom is 0.262 e. The molecule has 1 atom stereocenters. The van der Waals surface area contributed by atoms with E-state index in [-0.39, 0.29) is 31.3 Å². The summed E-state index contributed by atoms with van der Waals surface area (Å²) in [5.41, 5.74) is 3.49. The number of rotatable bonds is 9. The molecule has 0 spiro atoms. The van der Waals surface area contributed by atoms with Crippen molar-refractivity contribution >= 4 is 52.5 Å². The van der Waals surface area contributed by atoms with Crippen LogP contribution in [-0.4, -0.2) is 120 Å². The lowest BCUT2D eigenvalue weighted by atomic mass is 9.95. The lowest BCUT2D eigenvalue weighted by Crippen LogP contribution is -2.54. The zero-order valence-corrected chi connectivity index (χ0v) is 30.3. The smallest absolute Gasteiger partial charge is 0.262 e. The van der Waals surface area contributed by atoms with E-state index in [9.17, 15) is 28.7 Å². The fourth-order valence-corrected chi connectivity index (χ4v) is 8.44. The van der Waals surface area contributed by atoms with Gasteiger partial charge in [-0.15, -0.1) is 0 Å². The second-order valence-electron chi connectivity index (χ2n) is 15.0. The van der Waals surface area contributed by atoms with Gasteiger partial charge < -0.3 is 25.1 Å². The number of fused-ring (bicyclic) bond motifs is 1. The third-order valence-electron chi connectivity index (χ3n) is 11.7. The Morgan fingerprint density at radius 3 is 2.11 bits per heavy atom. The minimum absolute atomic E-state index is 0.0955. The number of hydrogen-bond donors (Lipinski definition) is 3. The van der Waals surface area contributed by atoms with Crippen LogP contribution in [0.3, 0.4) is 0 Å². The Morgan fingerprint density at radius 2 is 1.41 bits per heavy atom. The number of carbonyl (C=O) groups is 4. The average Bonchev–Trinajstić information content (AvgIpc) is 3.44. The molecule has 3 N–H and O–H groups in total. The number of anilines is 5.